The third-order valence-corrected chi connectivity index (χ3v) is 8.56. The number of anilines is 1. The third-order valence-electron chi connectivity index (χ3n) is 6.28. The van der Waals surface area contributed by atoms with Gasteiger partial charge >= 0.3 is 0 Å². The lowest BCUT2D eigenvalue weighted by atomic mass is 10.1. The zero-order valence-corrected chi connectivity index (χ0v) is 25.4. The average molecular weight is 605 g/mol. The molecule has 1 atom stereocenters. The summed E-state index contributed by atoms with van der Waals surface area (Å²) in [5.41, 5.74) is 2.06. The number of hydrogen-bond acceptors (Lipinski definition) is 4. The van der Waals surface area contributed by atoms with Crippen LogP contribution >= 0.6 is 23.2 Å². The molecule has 0 radical (unpaired) electrons. The Morgan fingerprint density at radius 3 is 2.20 bits per heavy atom. The molecule has 40 heavy (non-hydrogen) atoms. The van der Waals surface area contributed by atoms with E-state index in [2.05, 4.69) is 5.32 Å². The molecule has 0 spiro atoms. The van der Waals surface area contributed by atoms with Gasteiger partial charge in [-0.2, -0.15) is 0 Å². The molecular formula is C30H35Cl2N3O4S. The van der Waals surface area contributed by atoms with Crippen LogP contribution in [-0.4, -0.2) is 44.3 Å². The molecule has 0 unspecified atom stereocenters. The van der Waals surface area contributed by atoms with Gasteiger partial charge in [0.1, 0.15) is 12.6 Å². The van der Waals surface area contributed by atoms with Crippen LogP contribution in [0.3, 0.4) is 0 Å². The maximum absolute atomic E-state index is 14.1. The molecule has 0 heterocycles. The van der Waals surface area contributed by atoms with E-state index in [0.717, 1.165) is 15.4 Å². The second-order valence-corrected chi connectivity index (χ2v) is 12.8. The van der Waals surface area contributed by atoms with Gasteiger partial charge in [-0.15, -0.1) is 0 Å². The molecule has 0 fully saturated rings. The second-order valence-electron chi connectivity index (χ2n) is 10.0. The van der Waals surface area contributed by atoms with Crippen molar-refractivity contribution in [3.8, 4) is 0 Å². The van der Waals surface area contributed by atoms with Crippen LogP contribution < -0.4 is 9.62 Å². The third kappa shape index (κ3) is 8.22. The van der Waals surface area contributed by atoms with Crippen molar-refractivity contribution in [3.05, 3.63) is 94.0 Å². The van der Waals surface area contributed by atoms with Crippen molar-refractivity contribution in [3.63, 3.8) is 0 Å². The van der Waals surface area contributed by atoms with Crippen molar-refractivity contribution in [1.29, 1.82) is 0 Å². The molecule has 3 aromatic carbocycles. The first-order valence-corrected chi connectivity index (χ1v) is 15.3. The summed E-state index contributed by atoms with van der Waals surface area (Å²) < 4.78 is 28.7. The summed E-state index contributed by atoms with van der Waals surface area (Å²) in [6.07, 6.45) is 0.350. The van der Waals surface area contributed by atoms with Crippen molar-refractivity contribution < 1.29 is 18.0 Å². The van der Waals surface area contributed by atoms with Crippen LogP contribution in [0.1, 0.15) is 38.3 Å². The number of halogens is 2. The molecule has 0 saturated carbocycles. The lowest BCUT2D eigenvalue weighted by molar-refractivity contribution is -0.140. The van der Waals surface area contributed by atoms with E-state index in [9.17, 15) is 18.0 Å². The average Bonchev–Trinajstić information content (AvgIpc) is 2.90. The Labute approximate surface area is 247 Å². The minimum atomic E-state index is -4.20. The number of sulfonamides is 1. The summed E-state index contributed by atoms with van der Waals surface area (Å²) in [5.74, 6) is -0.581. The highest BCUT2D eigenvalue weighted by molar-refractivity contribution is 7.92. The molecule has 0 saturated heterocycles. The maximum atomic E-state index is 14.1. The van der Waals surface area contributed by atoms with E-state index in [1.54, 1.807) is 18.2 Å². The van der Waals surface area contributed by atoms with Crippen LogP contribution in [0.25, 0.3) is 0 Å². The molecule has 0 aliphatic carbocycles. The van der Waals surface area contributed by atoms with Gasteiger partial charge in [0.15, 0.2) is 0 Å². The molecule has 7 nitrogen and oxygen atoms in total. The molecular weight excluding hydrogens is 569 g/mol. The summed E-state index contributed by atoms with van der Waals surface area (Å²) in [7, 11) is -4.20. The number of aryl methyl sites for hydroxylation is 1. The molecule has 0 bridgehead atoms. The number of benzene rings is 3. The number of nitrogens with one attached hydrogen (secondary N) is 1. The molecule has 2 amide bonds. The first-order valence-electron chi connectivity index (χ1n) is 13.1. The number of carbonyl (C=O) groups excluding carboxylic acids is 2. The maximum Gasteiger partial charge on any atom is 0.264 e. The lowest BCUT2D eigenvalue weighted by Gasteiger charge is -2.33. The standard InChI is InChI=1S/C30H35Cl2N3O4S/c1-5-28(30(37)33-18-21(2)3)34(19-23-9-6-8-22(4)16-23)29(36)20-35(26-11-7-10-25(32)17-26)40(38,39)27-14-12-24(31)13-15-27/h6-17,21,28H,5,18-20H2,1-4H3,(H,33,37)/t28-/m0/s1. The lowest BCUT2D eigenvalue weighted by Crippen LogP contribution is -2.52. The monoisotopic (exact) mass is 603 g/mol. The predicted octanol–water partition coefficient (Wildman–Crippen LogP) is 6.08. The Morgan fingerprint density at radius 1 is 0.925 bits per heavy atom. The van der Waals surface area contributed by atoms with Gasteiger partial charge < -0.3 is 10.2 Å². The largest absolute Gasteiger partial charge is 0.354 e. The number of hydrogen-bond donors (Lipinski definition) is 1. The number of nitrogens with zero attached hydrogens (tertiary/aromatic N) is 2. The quantitative estimate of drug-likeness (QED) is 0.272. The molecule has 0 aromatic heterocycles. The van der Waals surface area contributed by atoms with Gasteiger partial charge in [-0.3, -0.25) is 13.9 Å². The molecule has 0 aliphatic heterocycles. The first kappa shape index (κ1) is 31.5. The van der Waals surface area contributed by atoms with Crippen LogP contribution in [0.4, 0.5) is 5.69 Å². The van der Waals surface area contributed by atoms with E-state index < -0.39 is 28.5 Å². The minimum Gasteiger partial charge on any atom is -0.354 e. The van der Waals surface area contributed by atoms with E-state index in [-0.39, 0.29) is 29.0 Å². The van der Waals surface area contributed by atoms with Crippen molar-refractivity contribution >= 4 is 50.7 Å². The van der Waals surface area contributed by atoms with Crippen molar-refractivity contribution in [1.82, 2.24) is 10.2 Å². The highest BCUT2D eigenvalue weighted by atomic mass is 35.5. The zero-order valence-electron chi connectivity index (χ0n) is 23.1. The van der Waals surface area contributed by atoms with Crippen molar-refractivity contribution in [2.75, 3.05) is 17.4 Å². The van der Waals surface area contributed by atoms with Crippen molar-refractivity contribution in [2.45, 2.75) is 51.6 Å². The highest BCUT2D eigenvalue weighted by Crippen LogP contribution is 2.27. The van der Waals surface area contributed by atoms with Crippen LogP contribution in [0, 0.1) is 12.8 Å². The van der Waals surface area contributed by atoms with E-state index in [0.29, 0.717) is 23.0 Å². The Kier molecular flexibility index (Phi) is 11.0. The number of rotatable bonds is 12. The van der Waals surface area contributed by atoms with Crippen molar-refractivity contribution in [2.24, 2.45) is 5.92 Å². The van der Waals surface area contributed by atoms with E-state index in [4.69, 9.17) is 23.2 Å². The Hall–Kier alpha value is -3.07. The van der Waals surface area contributed by atoms with Gasteiger partial charge in [-0.25, -0.2) is 8.42 Å². The van der Waals surface area contributed by atoms with Gasteiger partial charge in [-0.05, 0) is 67.3 Å². The van der Waals surface area contributed by atoms with E-state index >= 15 is 0 Å². The topological polar surface area (TPSA) is 86.8 Å². The van der Waals surface area contributed by atoms with E-state index in [1.165, 1.54) is 35.2 Å². The number of carbonyl (C=O) groups is 2. The van der Waals surface area contributed by atoms with Gasteiger partial charge in [-0.1, -0.05) is 79.9 Å². The van der Waals surface area contributed by atoms with E-state index in [1.807, 2.05) is 52.0 Å². The van der Waals surface area contributed by atoms with Gasteiger partial charge in [0.05, 0.1) is 10.6 Å². The van der Waals surface area contributed by atoms with Crippen LogP contribution in [0.2, 0.25) is 10.0 Å². The zero-order chi connectivity index (χ0) is 29.4. The highest BCUT2D eigenvalue weighted by Gasteiger charge is 2.33. The summed E-state index contributed by atoms with van der Waals surface area (Å²) >= 11 is 12.2. The molecule has 0 aliphatic rings. The predicted molar refractivity (Wildman–Crippen MR) is 161 cm³/mol. The van der Waals surface area contributed by atoms with Gasteiger partial charge in [0.2, 0.25) is 11.8 Å². The summed E-state index contributed by atoms with van der Waals surface area (Å²) in [5, 5.41) is 3.62. The fourth-order valence-corrected chi connectivity index (χ4v) is 5.96. The van der Waals surface area contributed by atoms with Crippen LogP contribution in [0.5, 0.6) is 0 Å². The second kappa shape index (κ2) is 14.0. The Bertz CT molecular complexity index is 1430. The van der Waals surface area contributed by atoms with Crippen LogP contribution in [-0.2, 0) is 26.2 Å². The summed E-state index contributed by atoms with van der Waals surface area (Å²) in [4.78, 5) is 28.8. The molecule has 1 N–H and O–H groups in total. The fraction of sp³-hybridized carbons (Fsp3) is 0.333. The Balaban J connectivity index is 2.05. The van der Waals surface area contributed by atoms with Gasteiger partial charge in [0.25, 0.3) is 10.0 Å². The SMILES string of the molecule is CC[C@@H](C(=O)NCC(C)C)N(Cc1cccc(C)c1)C(=O)CN(c1cccc(Cl)c1)S(=O)(=O)c1ccc(Cl)cc1. The smallest absolute Gasteiger partial charge is 0.264 e. The summed E-state index contributed by atoms with van der Waals surface area (Å²) in [6, 6.07) is 18.9. The summed E-state index contributed by atoms with van der Waals surface area (Å²) in [6.45, 7) is 7.81. The molecule has 10 heteroatoms. The number of amides is 2. The molecule has 3 aromatic rings. The Morgan fingerprint density at radius 2 is 1.60 bits per heavy atom. The van der Waals surface area contributed by atoms with Gasteiger partial charge in [0, 0.05) is 23.1 Å². The normalized spacial score (nSPS) is 12.2. The molecule has 214 valence electrons. The van der Waals surface area contributed by atoms with Crippen LogP contribution in [0.15, 0.2) is 77.7 Å². The first-order chi connectivity index (χ1) is 18.9. The molecule has 3 rings (SSSR count). The minimum absolute atomic E-state index is 0.0309. The fourth-order valence-electron chi connectivity index (χ4n) is 4.24.